The lowest BCUT2D eigenvalue weighted by atomic mass is 10.0. The molecule has 1 saturated heterocycles. The van der Waals surface area contributed by atoms with E-state index in [0.717, 1.165) is 36.4 Å². The molecule has 3 N–H and O–H groups in total. The SMILES string of the molecule is N#CCCN1CCC(Nc2[c]cnc3c2ccn3S(=O)(=O)c2ccccc2C(N)=O)CC1. The van der Waals surface area contributed by atoms with Gasteiger partial charge in [-0.3, -0.25) is 4.79 Å². The lowest BCUT2D eigenvalue weighted by Gasteiger charge is -2.32. The molecule has 1 fully saturated rings. The van der Waals surface area contributed by atoms with Gasteiger partial charge in [-0.05, 0) is 31.0 Å². The van der Waals surface area contributed by atoms with E-state index in [1.54, 1.807) is 18.2 Å². The first kappa shape index (κ1) is 21.8. The van der Waals surface area contributed by atoms with Crippen molar-refractivity contribution < 1.29 is 13.2 Å². The number of nitrogens with zero attached hydrogens (tertiary/aromatic N) is 4. The van der Waals surface area contributed by atoms with Crippen molar-refractivity contribution in [3.8, 4) is 6.07 Å². The lowest BCUT2D eigenvalue weighted by Crippen LogP contribution is -2.39. The molecule has 32 heavy (non-hydrogen) atoms. The van der Waals surface area contributed by atoms with Crippen LogP contribution in [0.4, 0.5) is 5.69 Å². The third-order valence-electron chi connectivity index (χ3n) is 5.66. The maximum absolute atomic E-state index is 13.3. The Kier molecular flexibility index (Phi) is 6.12. The quantitative estimate of drug-likeness (QED) is 0.561. The molecule has 165 valence electrons. The Balaban J connectivity index is 1.61. The highest BCUT2D eigenvalue weighted by atomic mass is 32.2. The Labute approximate surface area is 186 Å². The van der Waals surface area contributed by atoms with E-state index in [4.69, 9.17) is 11.0 Å². The Morgan fingerprint density at radius 3 is 2.75 bits per heavy atom. The zero-order valence-corrected chi connectivity index (χ0v) is 18.2. The molecule has 3 aromatic rings. The van der Waals surface area contributed by atoms with Crippen LogP contribution in [0.2, 0.25) is 0 Å². The molecule has 9 nitrogen and oxygen atoms in total. The summed E-state index contributed by atoms with van der Waals surface area (Å²) >= 11 is 0. The highest BCUT2D eigenvalue weighted by molar-refractivity contribution is 7.90. The first-order valence-corrected chi connectivity index (χ1v) is 11.7. The molecule has 3 heterocycles. The molecule has 2 aromatic heterocycles. The second-order valence-corrected chi connectivity index (χ2v) is 9.44. The van der Waals surface area contributed by atoms with Crippen LogP contribution < -0.4 is 11.1 Å². The Bertz CT molecular complexity index is 1290. The van der Waals surface area contributed by atoms with Crippen molar-refractivity contribution in [2.24, 2.45) is 5.73 Å². The van der Waals surface area contributed by atoms with Crippen molar-refractivity contribution in [2.45, 2.75) is 30.2 Å². The highest BCUT2D eigenvalue weighted by Crippen LogP contribution is 2.28. The van der Waals surface area contributed by atoms with E-state index in [-0.39, 0.29) is 22.1 Å². The van der Waals surface area contributed by atoms with Crippen LogP contribution in [0.1, 0.15) is 29.6 Å². The van der Waals surface area contributed by atoms with Crippen LogP contribution in [-0.2, 0) is 10.0 Å². The minimum atomic E-state index is -4.09. The molecule has 0 spiro atoms. The number of carbonyl (C=O) groups excluding carboxylic acids is 1. The summed E-state index contributed by atoms with van der Waals surface area (Å²) in [5.74, 6) is -0.814. The van der Waals surface area contributed by atoms with Gasteiger partial charge in [0.15, 0.2) is 5.65 Å². The maximum atomic E-state index is 13.3. The number of likely N-dealkylation sites (tertiary alicyclic amines) is 1. The predicted octanol–water partition coefficient (Wildman–Crippen LogP) is 1.96. The van der Waals surface area contributed by atoms with Crippen molar-refractivity contribution in [2.75, 3.05) is 25.0 Å². The van der Waals surface area contributed by atoms with Crippen molar-refractivity contribution in [1.82, 2.24) is 13.9 Å². The minimum Gasteiger partial charge on any atom is -0.381 e. The molecule has 1 aromatic carbocycles. The molecule has 1 radical (unpaired) electrons. The van der Waals surface area contributed by atoms with E-state index in [9.17, 15) is 13.2 Å². The third-order valence-corrected chi connectivity index (χ3v) is 7.38. The fraction of sp³-hybridized carbons (Fsp3) is 0.318. The van der Waals surface area contributed by atoms with Gasteiger partial charge in [-0.15, -0.1) is 0 Å². The monoisotopic (exact) mass is 451 g/mol. The van der Waals surface area contributed by atoms with Crippen molar-refractivity contribution in [3.63, 3.8) is 0 Å². The van der Waals surface area contributed by atoms with Crippen LogP contribution in [0, 0.1) is 17.4 Å². The number of aromatic nitrogens is 2. The fourth-order valence-corrected chi connectivity index (χ4v) is 5.49. The molecule has 0 unspecified atom stereocenters. The summed E-state index contributed by atoms with van der Waals surface area (Å²) in [4.78, 5) is 18.1. The number of hydrogen-bond donors (Lipinski definition) is 2. The summed E-state index contributed by atoms with van der Waals surface area (Å²) in [6, 6.07) is 13.0. The molecule has 4 rings (SSSR count). The second-order valence-electron chi connectivity index (χ2n) is 7.66. The number of fused-ring (bicyclic) bond motifs is 1. The molecule has 10 heteroatoms. The van der Waals surface area contributed by atoms with E-state index in [1.165, 1.54) is 24.5 Å². The fourth-order valence-electron chi connectivity index (χ4n) is 3.99. The number of rotatable bonds is 7. The molecule has 1 amide bonds. The van der Waals surface area contributed by atoms with Gasteiger partial charge in [-0.25, -0.2) is 17.4 Å². The zero-order valence-electron chi connectivity index (χ0n) is 17.4. The van der Waals surface area contributed by atoms with Crippen LogP contribution in [0.25, 0.3) is 11.0 Å². The van der Waals surface area contributed by atoms with Gasteiger partial charge in [-0.1, -0.05) is 12.1 Å². The standard InChI is InChI=1S/C22H23N6O3S/c23-10-3-12-27-13-7-16(8-14-27)26-19-6-11-25-22-17(19)9-15-28(22)32(30,31)20-5-2-1-4-18(20)21(24)29/h1-2,4-5,9,11,15-16H,3,7-8,12-14H2,(H2,24,29)(H,25,26). The molecular formula is C22H23N6O3S. The van der Waals surface area contributed by atoms with E-state index in [0.29, 0.717) is 17.5 Å². The van der Waals surface area contributed by atoms with Gasteiger partial charge < -0.3 is 16.0 Å². The van der Waals surface area contributed by atoms with Gasteiger partial charge in [0.1, 0.15) is 4.90 Å². The van der Waals surface area contributed by atoms with Crippen molar-refractivity contribution >= 4 is 32.7 Å². The third kappa shape index (κ3) is 4.17. The number of amides is 1. The Morgan fingerprint density at radius 1 is 1.28 bits per heavy atom. The van der Waals surface area contributed by atoms with Crippen LogP contribution in [0.15, 0.2) is 47.6 Å². The molecule has 0 aliphatic carbocycles. The van der Waals surface area contributed by atoms with Crippen LogP contribution in [0.3, 0.4) is 0 Å². The number of nitriles is 1. The van der Waals surface area contributed by atoms with Crippen LogP contribution in [-0.4, -0.2) is 53.9 Å². The van der Waals surface area contributed by atoms with E-state index < -0.39 is 15.9 Å². The van der Waals surface area contributed by atoms with E-state index in [1.807, 2.05) is 0 Å². The Hall–Kier alpha value is -3.42. The van der Waals surface area contributed by atoms with E-state index in [2.05, 4.69) is 27.3 Å². The number of anilines is 1. The van der Waals surface area contributed by atoms with Gasteiger partial charge in [0, 0.05) is 55.9 Å². The summed E-state index contributed by atoms with van der Waals surface area (Å²) in [7, 11) is -4.09. The lowest BCUT2D eigenvalue weighted by molar-refractivity contribution is 0.0997. The van der Waals surface area contributed by atoms with Gasteiger partial charge in [0.05, 0.1) is 17.3 Å². The normalized spacial score (nSPS) is 15.5. The van der Waals surface area contributed by atoms with Crippen LogP contribution in [0.5, 0.6) is 0 Å². The molecular weight excluding hydrogens is 428 g/mol. The summed E-state index contributed by atoms with van der Waals surface area (Å²) in [5, 5.41) is 12.8. The smallest absolute Gasteiger partial charge is 0.270 e. The summed E-state index contributed by atoms with van der Waals surface area (Å²) in [6.45, 7) is 2.57. The second kappa shape index (κ2) is 8.98. The Morgan fingerprint density at radius 2 is 2.03 bits per heavy atom. The van der Waals surface area contributed by atoms with E-state index >= 15 is 0 Å². The topological polar surface area (TPSA) is 134 Å². The predicted molar refractivity (Wildman–Crippen MR) is 119 cm³/mol. The summed E-state index contributed by atoms with van der Waals surface area (Å²) in [5.41, 5.74) is 6.24. The minimum absolute atomic E-state index is 0.0710. The zero-order chi connectivity index (χ0) is 22.7. The van der Waals surface area contributed by atoms with Crippen LogP contribution >= 0.6 is 0 Å². The summed E-state index contributed by atoms with van der Waals surface area (Å²) in [6.07, 6.45) is 5.22. The number of primary amides is 1. The number of piperidine rings is 1. The summed E-state index contributed by atoms with van der Waals surface area (Å²) < 4.78 is 27.7. The number of hydrogen-bond acceptors (Lipinski definition) is 7. The number of benzene rings is 1. The number of carbonyl (C=O) groups is 1. The van der Waals surface area contributed by atoms with Gasteiger partial charge in [-0.2, -0.15) is 5.26 Å². The number of nitrogens with two attached hydrogens (primary N) is 1. The van der Waals surface area contributed by atoms with Gasteiger partial charge in [0.2, 0.25) is 5.91 Å². The number of nitrogens with one attached hydrogen (secondary N) is 1. The molecule has 0 atom stereocenters. The average molecular weight is 452 g/mol. The molecule has 1 aliphatic rings. The largest absolute Gasteiger partial charge is 0.381 e. The maximum Gasteiger partial charge on any atom is 0.270 e. The highest BCUT2D eigenvalue weighted by Gasteiger charge is 2.26. The molecule has 0 bridgehead atoms. The average Bonchev–Trinajstić information content (AvgIpc) is 3.25. The molecule has 0 saturated carbocycles. The molecule has 1 aliphatic heterocycles. The van der Waals surface area contributed by atoms with Gasteiger partial charge in [0.25, 0.3) is 10.0 Å². The first-order chi connectivity index (χ1) is 15.4. The van der Waals surface area contributed by atoms with Crippen molar-refractivity contribution in [1.29, 1.82) is 5.26 Å². The number of pyridine rings is 1. The first-order valence-electron chi connectivity index (χ1n) is 10.3. The van der Waals surface area contributed by atoms with Gasteiger partial charge >= 0.3 is 0 Å². The van der Waals surface area contributed by atoms with Crippen molar-refractivity contribution in [3.05, 3.63) is 54.4 Å².